The Labute approximate surface area is 126 Å². The fourth-order valence-corrected chi connectivity index (χ4v) is 2.41. The molecule has 0 aliphatic carbocycles. The molecule has 2 aromatic rings. The number of hydrogen-bond acceptors (Lipinski definition) is 4. The summed E-state index contributed by atoms with van der Waals surface area (Å²) >= 11 is 3.34. The van der Waals surface area contributed by atoms with Gasteiger partial charge in [-0.1, -0.05) is 13.8 Å². The summed E-state index contributed by atoms with van der Waals surface area (Å²) in [4.78, 5) is 8.51. The molecule has 1 heterocycles. The molecule has 0 saturated carbocycles. The predicted octanol–water partition coefficient (Wildman–Crippen LogP) is 4.29. The lowest BCUT2D eigenvalue weighted by molar-refractivity contribution is 0.627. The number of rotatable bonds is 4. The van der Waals surface area contributed by atoms with Crippen LogP contribution in [0.25, 0.3) is 0 Å². The van der Waals surface area contributed by atoms with Crippen LogP contribution in [0.4, 0.5) is 21.7 Å². The van der Waals surface area contributed by atoms with Gasteiger partial charge in [0.05, 0.1) is 5.69 Å². The fraction of sp³-hybridized carbons (Fsp3) is 0.286. The molecule has 0 spiro atoms. The Morgan fingerprint density at radius 1 is 1.20 bits per heavy atom. The Balaban J connectivity index is 2.43. The lowest BCUT2D eigenvalue weighted by Gasteiger charge is -2.17. The molecule has 4 nitrogen and oxygen atoms in total. The second-order valence-electron chi connectivity index (χ2n) is 4.64. The molecular formula is C14H16BrFN4. The van der Waals surface area contributed by atoms with Crippen molar-refractivity contribution in [3.8, 4) is 0 Å². The topological polar surface area (TPSA) is 49.8 Å². The number of nitrogens with one attached hydrogen (secondary N) is 2. The van der Waals surface area contributed by atoms with Gasteiger partial charge in [0.1, 0.15) is 23.8 Å². The number of hydrogen-bond donors (Lipinski definition) is 2. The molecular weight excluding hydrogens is 323 g/mol. The summed E-state index contributed by atoms with van der Waals surface area (Å²) in [6.07, 6.45) is 1.50. The van der Waals surface area contributed by atoms with Crippen LogP contribution < -0.4 is 10.6 Å². The third kappa shape index (κ3) is 3.07. The first-order valence-electron chi connectivity index (χ1n) is 6.27. The van der Waals surface area contributed by atoms with Crippen molar-refractivity contribution in [3.63, 3.8) is 0 Å². The molecule has 1 aromatic heterocycles. The van der Waals surface area contributed by atoms with Gasteiger partial charge in [-0.05, 0) is 40.0 Å². The van der Waals surface area contributed by atoms with Crippen molar-refractivity contribution in [2.75, 3.05) is 17.7 Å². The maximum atomic E-state index is 13.1. The van der Waals surface area contributed by atoms with Gasteiger partial charge in [0.2, 0.25) is 0 Å². The molecule has 2 N–H and O–H groups in total. The number of halogens is 2. The minimum absolute atomic E-state index is 0.250. The molecule has 1 aromatic carbocycles. The Morgan fingerprint density at radius 3 is 2.50 bits per heavy atom. The van der Waals surface area contributed by atoms with E-state index >= 15 is 0 Å². The van der Waals surface area contributed by atoms with Crippen molar-refractivity contribution in [2.45, 2.75) is 19.8 Å². The normalized spacial score (nSPS) is 10.7. The van der Waals surface area contributed by atoms with Gasteiger partial charge in [0.25, 0.3) is 0 Å². The van der Waals surface area contributed by atoms with E-state index in [-0.39, 0.29) is 11.7 Å². The van der Waals surface area contributed by atoms with Gasteiger partial charge in [-0.25, -0.2) is 14.4 Å². The van der Waals surface area contributed by atoms with Crippen LogP contribution in [-0.4, -0.2) is 17.0 Å². The first kappa shape index (κ1) is 14.7. The fourth-order valence-electron chi connectivity index (χ4n) is 1.96. The van der Waals surface area contributed by atoms with Crippen molar-refractivity contribution >= 4 is 33.3 Å². The maximum Gasteiger partial charge on any atom is 0.139 e. The van der Waals surface area contributed by atoms with Gasteiger partial charge < -0.3 is 10.6 Å². The van der Waals surface area contributed by atoms with E-state index in [0.29, 0.717) is 10.3 Å². The van der Waals surface area contributed by atoms with Gasteiger partial charge in [-0.3, -0.25) is 0 Å². The molecule has 0 fully saturated rings. The SMILES string of the molecule is CNc1ncnc(Nc2ccc(F)cc2Br)c1C(C)C. The summed E-state index contributed by atoms with van der Waals surface area (Å²) in [6.45, 7) is 4.15. The van der Waals surface area contributed by atoms with E-state index in [2.05, 4.69) is 50.4 Å². The van der Waals surface area contributed by atoms with E-state index in [0.717, 1.165) is 17.1 Å². The minimum atomic E-state index is -0.287. The van der Waals surface area contributed by atoms with Gasteiger partial charge in [-0.15, -0.1) is 0 Å². The zero-order valence-electron chi connectivity index (χ0n) is 11.5. The van der Waals surface area contributed by atoms with E-state index in [1.54, 1.807) is 6.07 Å². The lowest BCUT2D eigenvalue weighted by atomic mass is 10.0. The molecule has 0 atom stereocenters. The van der Waals surface area contributed by atoms with Crippen molar-refractivity contribution in [2.24, 2.45) is 0 Å². The molecule has 0 radical (unpaired) electrons. The summed E-state index contributed by atoms with van der Waals surface area (Å²) in [7, 11) is 1.83. The molecule has 106 valence electrons. The first-order chi connectivity index (χ1) is 9.52. The van der Waals surface area contributed by atoms with Crippen molar-refractivity contribution in [1.29, 1.82) is 0 Å². The van der Waals surface area contributed by atoms with E-state index in [1.165, 1.54) is 18.5 Å². The highest BCUT2D eigenvalue weighted by atomic mass is 79.9. The van der Waals surface area contributed by atoms with E-state index in [4.69, 9.17) is 0 Å². The first-order valence-corrected chi connectivity index (χ1v) is 7.07. The highest BCUT2D eigenvalue weighted by Gasteiger charge is 2.15. The van der Waals surface area contributed by atoms with Gasteiger partial charge in [0, 0.05) is 17.1 Å². The number of nitrogens with zero attached hydrogens (tertiary/aromatic N) is 2. The Morgan fingerprint density at radius 2 is 1.90 bits per heavy atom. The molecule has 6 heteroatoms. The van der Waals surface area contributed by atoms with E-state index in [9.17, 15) is 4.39 Å². The van der Waals surface area contributed by atoms with Crippen LogP contribution in [0.2, 0.25) is 0 Å². The Bertz CT molecular complexity index is 616. The van der Waals surface area contributed by atoms with E-state index < -0.39 is 0 Å². The summed E-state index contributed by atoms with van der Waals surface area (Å²) in [5, 5.41) is 6.28. The zero-order chi connectivity index (χ0) is 14.7. The second kappa shape index (κ2) is 6.17. The van der Waals surface area contributed by atoms with Crippen LogP contribution in [0, 0.1) is 5.82 Å². The summed E-state index contributed by atoms with van der Waals surface area (Å²) < 4.78 is 13.8. The van der Waals surface area contributed by atoms with Crippen molar-refractivity contribution in [3.05, 3.63) is 40.4 Å². The molecule has 0 amide bonds. The smallest absolute Gasteiger partial charge is 0.139 e. The minimum Gasteiger partial charge on any atom is -0.373 e. The average Bonchev–Trinajstić information content (AvgIpc) is 2.41. The molecule has 0 aliphatic rings. The molecule has 0 saturated heterocycles. The average molecular weight is 339 g/mol. The van der Waals surface area contributed by atoms with Crippen LogP contribution >= 0.6 is 15.9 Å². The van der Waals surface area contributed by atoms with Crippen LogP contribution in [0.15, 0.2) is 29.0 Å². The number of aromatic nitrogens is 2. The Kier molecular flexibility index (Phi) is 4.54. The summed E-state index contributed by atoms with van der Waals surface area (Å²) in [5.74, 6) is 1.47. The highest BCUT2D eigenvalue weighted by Crippen LogP contribution is 2.32. The summed E-state index contributed by atoms with van der Waals surface area (Å²) in [6, 6.07) is 4.49. The van der Waals surface area contributed by atoms with Gasteiger partial charge >= 0.3 is 0 Å². The standard InChI is InChI=1S/C14H16BrFN4/c1-8(2)12-13(17-3)18-7-19-14(12)20-11-5-4-9(16)6-10(11)15/h4-8H,1-3H3,(H2,17,18,19,20). The highest BCUT2D eigenvalue weighted by molar-refractivity contribution is 9.10. The van der Waals surface area contributed by atoms with E-state index in [1.807, 2.05) is 7.05 Å². The predicted molar refractivity (Wildman–Crippen MR) is 83.1 cm³/mol. The Hall–Kier alpha value is -1.69. The molecule has 20 heavy (non-hydrogen) atoms. The molecule has 0 unspecified atom stereocenters. The third-order valence-electron chi connectivity index (χ3n) is 2.88. The van der Waals surface area contributed by atoms with Crippen LogP contribution in [0.3, 0.4) is 0 Å². The van der Waals surface area contributed by atoms with Gasteiger partial charge in [0.15, 0.2) is 0 Å². The third-order valence-corrected chi connectivity index (χ3v) is 3.54. The maximum absolute atomic E-state index is 13.1. The molecule has 2 rings (SSSR count). The second-order valence-corrected chi connectivity index (χ2v) is 5.49. The summed E-state index contributed by atoms with van der Waals surface area (Å²) in [5.41, 5.74) is 1.75. The number of anilines is 3. The van der Waals surface area contributed by atoms with Crippen LogP contribution in [0.1, 0.15) is 25.3 Å². The number of benzene rings is 1. The van der Waals surface area contributed by atoms with Crippen LogP contribution in [0.5, 0.6) is 0 Å². The zero-order valence-corrected chi connectivity index (χ0v) is 13.1. The van der Waals surface area contributed by atoms with Crippen LogP contribution in [-0.2, 0) is 0 Å². The molecule has 0 aliphatic heterocycles. The van der Waals surface area contributed by atoms with Crippen molar-refractivity contribution < 1.29 is 4.39 Å². The quantitative estimate of drug-likeness (QED) is 0.873. The van der Waals surface area contributed by atoms with Crippen molar-refractivity contribution in [1.82, 2.24) is 9.97 Å². The molecule has 0 bridgehead atoms. The largest absolute Gasteiger partial charge is 0.373 e. The van der Waals surface area contributed by atoms with Gasteiger partial charge in [-0.2, -0.15) is 0 Å². The monoisotopic (exact) mass is 338 g/mol. The lowest BCUT2D eigenvalue weighted by Crippen LogP contribution is -2.07.